The number of nitrogens with two attached hydrogens (primary N) is 1. The number of unbranched alkanes of at least 4 members (excludes halogenated alkanes) is 10. The van der Waals surface area contributed by atoms with Crippen molar-refractivity contribution < 1.29 is 118 Å². The number of carboxylic acids is 1. The summed E-state index contributed by atoms with van der Waals surface area (Å²) >= 11 is 14.3. The van der Waals surface area contributed by atoms with Crippen LogP contribution in [0.3, 0.4) is 0 Å². The maximum atomic E-state index is 16.3. The van der Waals surface area contributed by atoms with Crippen molar-refractivity contribution in [2.45, 2.75) is 241 Å². The van der Waals surface area contributed by atoms with E-state index in [1.807, 2.05) is 20.8 Å². The Morgan fingerprint density at radius 1 is 0.690 bits per heavy atom. The second-order valence-electron chi connectivity index (χ2n) is 30.7. The van der Waals surface area contributed by atoms with Crippen LogP contribution in [0.4, 0.5) is 0 Å². The average Bonchev–Trinajstić information content (AvgIpc) is 0.763. The zero-order valence-electron chi connectivity index (χ0n) is 63.6. The molecule has 7 aliphatic heterocycles. The number of likely N-dealkylation sites (N-methyl/N-ethyl adjacent to an activating group) is 1. The second-order valence-corrected chi connectivity index (χ2v) is 31.6. The van der Waals surface area contributed by atoms with Gasteiger partial charge in [-0.25, -0.2) is 4.79 Å². The van der Waals surface area contributed by atoms with E-state index in [9.17, 15) is 70.2 Å². The Hall–Kier alpha value is -8.76. The standard InChI is InChI=1S/C81H102Cl2N6O24/c1-7-8-9-10-11-12-13-14-15-16-17-24-81(5)36-62(108-39(4)74(81)101)112-73-71(100)70(99)60(37-90)111-80(73)113-72-58-30-43-31-59(72)110-57-23-20-42(28-50(57)83)69(98)67-78(105)87-65(79(106)107)48-33-45(91)34-53(93)63(48)47-26-40(18-21-52(47)92)46(76(103)89-67)35-55(95)64(43)86-75(102)44(32-61(84)96)29-54(94)66(88-77(104)51(85-6)25-38(2)3)68(97)41-19-22-56(109-58)49(82)27-41/h18-23,26-28,30-31,33-34,38-39,44,46,51,60,62,64-71,73-74,80,85,90-93,97-101H,7-17,24-25,29,32,35-37H2,1-6H3,(H2,84,96)(H,86,102)(H,87,105)(H,88,104)(H,89,103)(H,106,107)/t39?,44-,46+,51+,60?,62-,64+,65-,66-,67-,68+,69+,70-,71?,73?,74-,80+,81+/m0/s1. The van der Waals surface area contributed by atoms with Crippen LogP contribution in [0.2, 0.25) is 10.0 Å². The number of aliphatic carboxylic acids is 1. The Morgan fingerprint density at radius 2 is 1.30 bits per heavy atom. The number of rotatable bonds is 25. The number of phenolic OH excluding ortho intramolecular Hbond substituents is 3. The molecule has 5 aromatic carbocycles. The van der Waals surface area contributed by atoms with Crippen LogP contribution in [0.5, 0.6) is 46.0 Å². The summed E-state index contributed by atoms with van der Waals surface area (Å²) in [5, 5.41) is 129. The Bertz CT molecular complexity index is 4300. The summed E-state index contributed by atoms with van der Waals surface area (Å²) in [5.74, 6) is -18.2. The van der Waals surface area contributed by atoms with Crippen LogP contribution in [0.25, 0.3) is 11.1 Å². The maximum Gasteiger partial charge on any atom is 0.330 e. The number of fused-ring (bicyclic) bond motifs is 15. The molecule has 2 saturated heterocycles. The van der Waals surface area contributed by atoms with Crippen LogP contribution in [-0.4, -0.2) is 179 Å². The normalized spacial score (nSPS) is 27.7. The molecule has 614 valence electrons. The van der Waals surface area contributed by atoms with Gasteiger partial charge in [-0.3, -0.25) is 33.6 Å². The molecule has 2 fully saturated rings. The van der Waals surface area contributed by atoms with Crippen molar-refractivity contribution in [3.8, 4) is 57.1 Å². The van der Waals surface area contributed by atoms with Gasteiger partial charge in [0, 0.05) is 53.9 Å². The molecule has 4 unspecified atom stereocenters. The quantitative estimate of drug-likeness (QED) is 0.0245. The first-order valence-corrected chi connectivity index (χ1v) is 39.1. The minimum atomic E-state index is -2.24. The fraction of sp³-hybridized carbons (Fsp3) is 0.531. The van der Waals surface area contributed by atoms with Gasteiger partial charge in [-0.2, -0.15) is 0 Å². The van der Waals surface area contributed by atoms with Crippen molar-refractivity contribution in [2.75, 3.05) is 13.7 Å². The van der Waals surface area contributed by atoms with Gasteiger partial charge in [0.1, 0.15) is 77.4 Å². The third-order valence-corrected chi connectivity index (χ3v) is 22.4. The van der Waals surface area contributed by atoms with Crippen LogP contribution in [-0.2, 0) is 52.6 Å². The number of aliphatic hydroxyl groups is 6. The Morgan fingerprint density at radius 3 is 1.88 bits per heavy atom. The van der Waals surface area contributed by atoms with E-state index in [0.29, 0.717) is 6.42 Å². The van der Waals surface area contributed by atoms with Crippen molar-refractivity contribution in [3.05, 3.63) is 117 Å². The number of amides is 5. The number of Topliss-reactive ketones (excluding diaryl/α,β-unsaturated/α-hetero) is 2. The summed E-state index contributed by atoms with van der Waals surface area (Å²) in [5.41, 5.74) is 2.65. The van der Waals surface area contributed by atoms with Crippen LogP contribution >= 0.6 is 23.2 Å². The van der Waals surface area contributed by atoms with Crippen molar-refractivity contribution in [3.63, 3.8) is 0 Å². The van der Waals surface area contributed by atoms with E-state index < -0.39 is 238 Å². The van der Waals surface area contributed by atoms with Gasteiger partial charge in [0.15, 0.2) is 41.5 Å². The summed E-state index contributed by atoms with van der Waals surface area (Å²) in [7, 11) is 1.51. The number of carboxylic acid groups (broad SMARTS) is 1. The topological polar surface area (TPSA) is 480 Å². The molecule has 30 nitrogen and oxygen atoms in total. The number of hydrogen-bond donors (Lipinski definition) is 16. The molecule has 7 aliphatic rings. The molecule has 0 saturated carbocycles. The van der Waals surface area contributed by atoms with Crippen molar-refractivity contribution in [1.29, 1.82) is 0 Å². The van der Waals surface area contributed by atoms with E-state index in [4.69, 9.17) is 57.4 Å². The summed E-state index contributed by atoms with van der Waals surface area (Å²) in [6, 6.07) is 4.93. The smallest absolute Gasteiger partial charge is 0.330 e. The molecule has 0 radical (unpaired) electrons. The van der Waals surface area contributed by atoms with Gasteiger partial charge < -0.3 is 112 Å². The lowest BCUT2D eigenvalue weighted by Gasteiger charge is -2.48. The van der Waals surface area contributed by atoms with Gasteiger partial charge in [-0.1, -0.05) is 140 Å². The molecule has 32 heteroatoms. The van der Waals surface area contributed by atoms with Crippen molar-refractivity contribution in [2.24, 2.45) is 23.0 Å². The van der Waals surface area contributed by atoms with E-state index in [2.05, 4.69) is 33.5 Å². The molecule has 7 heterocycles. The van der Waals surface area contributed by atoms with E-state index >= 15 is 19.2 Å². The summed E-state index contributed by atoms with van der Waals surface area (Å²) in [6.07, 6.45) is -6.73. The Kier molecular flexibility index (Phi) is 29.2. The largest absolute Gasteiger partial charge is 0.508 e. The van der Waals surface area contributed by atoms with E-state index in [0.717, 1.165) is 87.1 Å². The third kappa shape index (κ3) is 20.5. The monoisotopic (exact) mass is 1610 g/mol. The molecule has 17 N–H and O–H groups in total. The number of primary amides is 1. The Balaban J connectivity index is 1.17. The van der Waals surface area contributed by atoms with Crippen molar-refractivity contribution in [1.82, 2.24) is 26.6 Å². The molecular formula is C81H102Cl2N6O24. The number of phenols is 3. The molecule has 11 bridgehead atoms. The van der Waals surface area contributed by atoms with Crippen LogP contribution in [0.15, 0.2) is 78.9 Å². The van der Waals surface area contributed by atoms with Gasteiger partial charge in [-0.15, -0.1) is 0 Å². The lowest BCUT2D eigenvalue weighted by Crippen LogP contribution is -2.62. The number of aliphatic hydroxyl groups excluding tert-OH is 6. The lowest BCUT2D eigenvalue weighted by molar-refractivity contribution is -0.339. The molecule has 12 rings (SSSR count). The molecule has 113 heavy (non-hydrogen) atoms. The highest BCUT2D eigenvalue weighted by atomic mass is 35.5. The molecule has 0 spiro atoms. The fourth-order valence-electron chi connectivity index (χ4n) is 15.5. The number of halogens is 2. The zero-order valence-corrected chi connectivity index (χ0v) is 65.2. The highest BCUT2D eigenvalue weighted by Crippen LogP contribution is 2.51. The zero-order chi connectivity index (χ0) is 82.0. The number of nitrogens with one attached hydrogen (secondary N) is 5. The first kappa shape index (κ1) is 86.6. The predicted octanol–water partition coefficient (Wildman–Crippen LogP) is 8.07. The molecule has 18 atom stereocenters. The number of hydrogen-bond acceptors (Lipinski definition) is 24. The fourth-order valence-corrected chi connectivity index (χ4v) is 16.0. The van der Waals surface area contributed by atoms with E-state index in [1.165, 1.54) is 69.5 Å². The first-order valence-electron chi connectivity index (χ1n) is 38.3. The van der Waals surface area contributed by atoms with Gasteiger partial charge >= 0.3 is 5.97 Å². The predicted molar refractivity (Wildman–Crippen MR) is 409 cm³/mol. The van der Waals surface area contributed by atoms with Crippen LogP contribution < -0.4 is 46.5 Å². The van der Waals surface area contributed by atoms with Crippen molar-refractivity contribution >= 4 is 70.3 Å². The molecule has 5 amide bonds. The third-order valence-electron chi connectivity index (χ3n) is 21.8. The van der Waals surface area contributed by atoms with Gasteiger partial charge in [-0.05, 0) is 110 Å². The van der Waals surface area contributed by atoms with Crippen LogP contribution in [0.1, 0.15) is 202 Å². The minimum absolute atomic E-state index is 0.0421. The lowest BCUT2D eigenvalue weighted by atomic mass is 9.73. The van der Waals surface area contributed by atoms with E-state index in [1.54, 1.807) is 6.92 Å². The number of ketones is 2. The van der Waals surface area contributed by atoms with Gasteiger partial charge in [0.2, 0.25) is 41.6 Å². The average molecular weight is 1610 g/mol. The van der Waals surface area contributed by atoms with E-state index in [-0.39, 0.29) is 57.5 Å². The summed E-state index contributed by atoms with van der Waals surface area (Å²) < 4.78 is 39.7. The van der Waals surface area contributed by atoms with Gasteiger partial charge in [0.25, 0.3) is 0 Å². The molecule has 0 aromatic heterocycles. The molecule has 5 aromatic rings. The SMILES string of the molecule is CCCCCCCCCCCCC[C@]1(C)C[C@H](OC2C(O)[C@@H](O)C(CO)O[C@@H]2Oc2c3cc4cc2Oc2ccc(cc2Cl)[C@@H](O)[C@@H](NC(=O)[C@@H](CC(C)C)NC)C(=O)C[C@@H](CC(N)=O)C(=O)N[C@H]4C(=O)C[C@H]2C(=O)N[C@H](C(=O)N[C@H](C(=O)O)c4cc(O)cc(O)c4-c4cc2ccc4O)[C@H](O)c2ccc(c(Cl)c2)O3)OC(C)[C@@H]1O. The Labute approximate surface area is 663 Å². The van der Waals surface area contributed by atoms with Gasteiger partial charge in [0.05, 0.1) is 46.7 Å². The minimum Gasteiger partial charge on any atom is -0.508 e. The summed E-state index contributed by atoms with van der Waals surface area (Å²) in [4.78, 5) is 118. The number of aromatic hydroxyl groups is 3. The van der Waals surface area contributed by atoms with Crippen LogP contribution in [0, 0.1) is 17.3 Å². The maximum absolute atomic E-state index is 16.3. The number of carbonyl (C=O) groups excluding carboxylic acids is 7. The second kappa shape index (κ2) is 38.1. The molecular weight excluding hydrogens is 1510 g/mol. The highest BCUT2D eigenvalue weighted by Gasteiger charge is 2.52. The first-order chi connectivity index (χ1) is 53.7. The number of carbonyl (C=O) groups is 8. The summed E-state index contributed by atoms with van der Waals surface area (Å²) in [6.45, 7) is 8.50. The molecule has 0 aliphatic carbocycles. The number of benzene rings is 5. The highest BCUT2D eigenvalue weighted by molar-refractivity contribution is 6.32. The number of ether oxygens (including phenoxy) is 6.